The summed E-state index contributed by atoms with van der Waals surface area (Å²) in [5.74, 6) is 5.58. The van der Waals surface area contributed by atoms with E-state index in [2.05, 4.69) is 11.8 Å². The number of aliphatic hydroxyl groups excluding tert-OH is 1. The van der Waals surface area contributed by atoms with Crippen LogP contribution in [-0.2, 0) is 14.6 Å². The predicted octanol–water partition coefficient (Wildman–Crippen LogP) is 1.53. The standard InChI is InChI=1S/C17H21ClN2O6S/c1-4-5-11-6-7-12(8-14(11)18)20-10-13(26-16(20)22)9-17(2,15(21)19-23)27(3,24)25/h6-8,13,15,19,21,23H,9-10H2,1-3H3/t13-,15?,17+/m0/s1. The molecule has 1 aliphatic heterocycles. The maximum atomic E-state index is 12.2. The summed E-state index contributed by atoms with van der Waals surface area (Å²) in [6.45, 7) is 3.01. The third kappa shape index (κ3) is 4.36. The number of carbonyl (C=O) groups excluding carboxylic acids is 1. The van der Waals surface area contributed by atoms with Gasteiger partial charge in [0.2, 0.25) is 0 Å². The van der Waals surface area contributed by atoms with Gasteiger partial charge in [-0.15, -0.1) is 5.92 Å². The Kier molecular flexibility index (Phi) is 6.39. The minimum absolute atomic E-state index is 0.0667. The van der Waals surface area contributed by atoms with Crippen molar-refractivity contribution in [1.29, 1.82) is 0 Å². The van der Waals surface area contributed by atoms with Crippen LogP contribution in [0, 0.1) is 11.8 Å². The van der Waals surface area contributed by atoms with Gasteiger partial charge in [0.25, 0.3) is 0 Å². The van der Waals surface area contributed by atoms with Gasteiger partial charge in [0, 0.05) is 23.9 Å². The van der Waals surface area contributed by atoms with Crippen LogP contribution in [0.4, 0.5) is 10.5 Å². The Morgan fingerprint density at radius 3 is 2.70 bits per heavy atom. The number of nitrogens with zero attached hydrogens (tertiary/aromatic N) is 1. The number of amides is 1. The fourth-order valence-corrected chi connectivity index (χ4v) is 3.97. The molecule has 1 amide bonds. The number of cyclic esters (lactones) is 1. The molecule has 3 N–H and O–H groups in total. The van der Waals surface area contributed by atoms with Crippen molar-refractivity contribution in [3.63, 3.8) is 0 Å². The van der Waals surface area contributed by atoms with Crippen molar-refractivity contribution in [2.45, 2.75) is 37.3 Å². The highest BCUT2D eigenvalue weighted by Crippen LogP contribution is 2.32. The third-order valence-corrected chi connectivity index (χ3v) is 6.98. The minimum Gasteiger partial charge on any atom is -0.444 e. The Labute approximate surface area is 162 Å². The molecule has 8 nitrogen and oxygen atoms in total. The molecule has 1 unspecified atom stereocenters. The minimum atomic E-state index is -3.80. The highest BCUT2D eigenvalue weighted by molar-refractivity contribution is 7.92. The van der Waals surface area contributed by atoms with E-state index in [4.69, 9.17) is 21.5 Å². The normalized spacial score (nSPS) is 20.4. The van der Waals surface area contributed by atoms with Gasteiger partial charge in [0.05, 0.1) is 11.6 Å². The summed E-state index contributed by atoms with van der Waals surface area (Å²) in [7, 11) is -3.80. The number of benzene rings is 1. The molecule has 1 saturated heterocycles. The Balaban J connectivity index is 2.24. The number of sulfone groups is 1. The molecule has 1 aromatic rings. The van der Waals surface area contributed by atoms with E-state index < -0.39 is 33.0 Å². The van der Waals surface area contributed by atoms with E-state index in [-0.39, 0.29) is 13.0 Å². The lowest BCUT2D eigenvalue weighted by atomic mass is 10.0. The first-order chi connectivity index (χ1) is 12.5. The zero-order valence-electron chi connectivity index (χ0n) is 15.1. The second-order valence-electron chi connectivity index (χ2n) is 6.48. The van der Waals surface area contributed by atoms with Gasteiger partial charge in [-0.2, -0.15) is 5.48 Å². The number of carbonyl (C=O) groups is 1. The maximum Gasteiger partial charge on any atom is 0.414 e. The second-order valence-corrected chi connectivity index (χ2v) is 9.36. The van der Waals surface area contributed by atoms with Crippen LogP contribution in [-0.4, -0.2) is 54.7 Å². The summed E-state index contributed by atoms with van der Waals surface area (Å²) in [5.41, 5.74) is 2.66. The van der Waals surface area contributed by atoms with Crippen molar-refractivity contribution in [3.8, 4) is 11.8 Å². The molecule has 2 rings (SSSR count). The van der Waals surface area contributed by atoms with E-state index in [1.165, 1.54) is 11.8 Å². The van der Waals surface area contributed by atoms with Crippen LogP contribution in [0.15, 0.2) is 18.2 Å². The highest BCUT2D eigenvalue weighted by atomic mass is 35.5. The van der Waals surface area contributed by atoms with Gasteiger partial charge in [0.15, 0.2) is 9.84 Å². The van der Waals surface area contributed by atoms with Crippen LogP contribution < -0.4 is 10.4 Å². The summed E-state index contributed by atoms with van der Waals surface area (Å²) < 4.78 is 27.7. The first kappa shape index (κ1) is 21.5. The average Bonchev–Trinajstić information content (AvgIpc) is 2.95. The number of aliphatic hydroxyl groups is 1. The summed E-state index contributed by atoms with van der Waals surface area (Å²) in [6.07, 6.45) is -2.49. The maximum absolute atomic E-state index is 12.2. The fourth-order valence-electron chi connectivity index (χ4n) is 2.80. The van der Waals surface area contributed by atoms with Crippen molar-refractivity contribution in [2.75, 3.05) is 17.7 Å². The Morgan fingerprint density at radius 1 is 1.52 bits per heavy atom. The smallest absolute Gasteiger partial charge is 0.414 e. The molecule has 0 spiro atoms. The van der Waals surface area contributed by atoms with E-state index in [0.29, 0.717) is 16.3 Å². The summed E-state index contributed by atoms with van der Waals surface area (Å²) in [6, 6.07) is 4.91. The molecule has 0 aliphatic carbocycles. The quantitative estimate of drug-likeness (QED) is 0.366. The SMILES string of the molecule is CC#Cc1ccc(N2C[C@H](C[C@](C)(C(O)NO)S(C)(=O)=O)OC2=O)cc1Cl. The van der Waals surface area contributed by atoms with Gasteiger partial charge in [-0.3, -0.25) is 4.90 Å². The van der Waals surface area contributed by atoms with Gasteiger partial charge in [0.1, 0.15) is 17.1 Å². The lowest BCUT2D eigenvalue weighted by Crippen LogP contribution is -2.54. The van der Waals surface area contributed by atoms with E-state index >= 15 is 0 Å². The molecule has 10 heteroatoms. The van der Waals surface area contributed by atoms with Crippen molar-refractivity contribution >= 4 is 33.2 Å². The molecule has 1 aliphatic rings. The topological polar surface area (TPSA) is 116 Å². The van der Waals surface area contributed by atoms with Gasteiger partial charge < -0.3 is 15.1 Å². The molecule has 1 heterocycles. The number of rotatable bonds is 6. The van der Waals surface area contributed by atoms with Gasteiger partial charge in [-0.25, -0.2) is 13.2 Å². The number of halogens is 1. The number of hydroxylamine groups is 1. The average molecular weight is 417 g/mol. The molecular formula is C17H21ClN2O6S. The zero-order valence-corrected chi connectivity index (χ0v) is 16.6. The number of nitrogens with one attached hydrogen (secondary N) is 1. The molecule has 0 radical (unpaired) electrons. The molecule has 0 bridgehead atoms. The number of hydrogen-bond donors (Lipinski definition) is 3. The predicted molar refractivity (Wildman–Crippen MR) is 100 cm³/mol. The molecule has 3 atom stereocenters. The first-order valence-electron chi connectivity index (χ1n) is 8.01. The van der Waals surface area contributed by atoms with Crippen LogP contribution in [0.25, 0.3) is 0 Å². The van der Waals surface area contributed by atoms with E-state index in [1.54, 1.807) is 30.6 Å². The van der Waals surface area contributed by atoms with Crippen LogP contribution >= 0.6 is 11.6 Å². The van der Waals surface area contributed by atoms with Crippen molar-refractivity contribution in [1.82, 2.24) is 5.48 Å². The summed E-state index contributed by atoms with van der Waals surface area (Å²) in [5, 5.41) is 19.3. The van der Waals surface area contributed by atoms with Crippen molar-refractivity contribution in [2.24, 2.45) is 0 Å². The Hall–Kier alpha value is -1.83. The number of anilines is 1. The van der Waals surface area contributed by atoms with E-state index in [0.717, 1.165) is 6.26 Å². The van der Waals surface area contributed by atoms with Gasteiger partial charge in [-0.1, -0.05) is 17.5 Å². The highest BCUT2D eigenvalue weighted by Gasteiger charge is 2.47. The van der Waals surface area contributed by atoms with Crippen LogP contribution in [0.1, 0.15) is 25.8 Å². The molecular weight excluding hydrogens is 396 g/mol. The van der Waals surface area contributed by atoms with Crippen LogP contribution in [0.2, 0.25) is 5.02 Å². The first-order valence-corrected chi connectivity index (χ1v) is 10.3. The summed E-state index contributed by atoms with van der Waals surface area (Å²) >= 11 is 6.17. The van der Waals surface area contributed by atoms with E-state index in [9.17, 15) is 18.3 Å². The number of hydrogen-bond acceptors (Lipinski definition) is 7. The van der Waals surface area contributed by atoms with E-state index in [1.807, 2.05) is 0 Å². The lowest BCUT2D eigenvalue weighted by Gasteiger charge is -2.33. The van der Waals surface area contributed by atoms with Crippen LogP contribution in [0.3, 0.4) is 0 Å². The van der Waals surface area contributed by atoms with Crippen molar-refractivity contribution < 1.29 is 28.3 Å². The van der Waals surface area contributed by atoms with Crippen LogP contribution in [0.5, 0.6) is 0 Å². The second kappa shape index (κ2) is 8.04. The fraction of sp³-hybridized carbons (Fsp3) is 0.471. The molecule has 27 heavy (non-hydrogen) atoms. The number of ether oxygens (including phenoxy) is 1. The van der Waals surface area contributed by atoms with Gasteiger partial charge in [-0.05, 0) is 32.0 Å². The molecule has 148 valence electrons. The molecule has 0 saturated carbocycles. The summed E-state index contributed by atoms with van der Waals surface area (Å²) in [4.78, 5) is 13.6. The Bertz CT molecular complexity index is 894. The third-order valence-electron chi connectivity index (χ3n) is 4.58. The molecule has 0 aromatic heterocycles. The molecule has 1 fully saturated rings. The lowest BCUT2D eigenvalue weighted by molar-refractivity contribution is -0.0292. The Morgan fingerprint density at radius 2 is 2.19 bits per heavy atom. The zero-order chi connectivity index (χ0) is 20.4. The van der Waals surface area contributed by atoms with Crippen molar-refractivity contribution in [3.05, 3.63) is 28.8 Å². The largest absolute Gasteiger partial charge is 0.444 e. The van der Waals surface area contributed by atoms with Gasteiger partial charge >= 0.3 is 6.09 Å². The molecule has 1 aromatic carbocycles. The monoisotopic (exact) mass is 416 g/mol.